The third-order valence-electron chi connectivity index (χ3n) is 2.43. The highest BCUT2D eigenvalue weighted by Gasteiger charge is 2.12. The van der Waals surface area contributed by atoms with Gasteiger partial charge in [0.2, 0.25) is 0 Å². The van der Waals surface area contributed by atoms with E-state index in [1.807, 2.05) is 6.92 Å². The van der Waals surface area contributed by atoms with Gasteiger partial charge in [0, 0.05) is 0 Å². The molecule has 0 fully saturated rings. The third kappa shape index (κ3) is 3.23. The number of carboxylic acids is 1. The van der Waals surface area contributed by atoms with Crippen molar-refractivity contribution >= 4 is 21.9 Å². The molecule has 0 spiro atoms. The van der Waals surface area contributed by atoms with Crippen LogP contribution in [-0.4, -0.2) is 17.2 Å². The normalized spacial score (nSPS) is 12.6. The lowest BCUT2D eigenvalue weighted by molar-refractivity contribution is 0.0696. The smallest absolute Gasteiger partial charge is 0.335 e. The largest absolute Gasteiger partial charge is 0.489 e. The Morgan fingerprint density at radius 3 is 2.44 bits per heavy atom. The van der Waals surface area contributed by atoms with Gasteiger partial charge in [-0.25, -0.2) is 4.79 Å². The maximum absolute atomic E-state index is 10.7. The van der Waals surface area contributed by atoms with Crippen LogP contribution in [0.15, 0.2) is 22.7 Å². The molecule has 0 saturated heterocycles. The van der Waals surface area contributed by atoms with Gasteiger partial charge >= 0.3 is 5.97 Å². The first-order valence-electron chi connectivity index (χ1n) is 5.11. The van der Waals surface area contributed by atoms with Crippen LogP contribution in [0.4, 0.5) is 0 Å². The van der Waals surface area contributed by atoms with Crippen molar-refractivity contribution in [2.75, 3.05) is 0 Å². The van der Waals surface area contributed by atoms with E-state index in [9.17, 15) is 4.79 Å². The van der Waals surface area contributed by atoms with Gasteiger partial charge in [-0.2, -0.15) is 0 Å². The van der Waals surface area contributed by atoms with Crippen molar-refractivity contribution in [3.8, 4) is 5.75 Å². The topological polar surface area (TPSA) is 46.5 Å². The van der Waals surface area contributed by atoms with Gasteiger partial charge in [0.1, 0.15) is 5.75 Å². The van der Waals surface area contributed by atoms with Crippen LogP contribution in [0.3, 0.4) is 0 Å². The summed E-state index contributed by atoms with van der Waals surface area (Å²) in [5, 5.41) is 8.81. The van der Waals surface area contributed by atoms with Crippen molar-refractivity contribution in [2.45, 2.75) is 26.9 Å². The Hall–Kier alpha value is -1.03. The number of carboxylic acid groups (broad SMARTS) is 1. The predicted octanol–water partition coefficient (Wildman–Crippen LogP) is 3.57. The van der Waals surface area contributed by atoms with Gasteiger partial charge in [-0.3, -0.25) is 0 Å². The number of hydrogen-bond acceptors (Lipinski definition) is 2. The highest BCUT2D eigenvalue weighted by Crippen LogP contribution is 2.27. The van der Waals surface area contributed by atoms with Gasteiger partial charge in [-0.05, 0) is 47.0 Å². The maximum atomic E-state index is 10.7. The summed E-state index contributed by atoms with van der Waals surface area (Å²) in [5.41, 5.74) is 0.247. The fraction of sp³-hybridized carbons (Fsp3) is 0.417. The molecule has 1 N–H and O–H groups in total. The summed E-state index contributed by atoms with van der Waals surface area (Å²) in [5.74, 6) is 0.140. The fourth-order valence-corrected chi connectivity index (χ4v) is 1.54. The van der Waals surface area contributed by atoms with Crippen LogP contribution in [0.1, 0.15) is 31.1 Å². The van der Waals surface area contributed by atoms with Crippen LogP contribution in [0.25, 0.3) is 0 Å². The van der Waals surface area contributed by atoms with E-state index in [-0.39, 0.29) is 11.7 Å². The molecule has 1 rings (SSSR count). The predicted molar refractivity (Wildman–Crippen MR) is 66.0 cm³/mol. The Bertz CT molecular complexity index is 388. The highest BCUT2D eigenvalue weighted by molar-refractivity contribution is 9.10. The third-order valence-corrected chi connectivity index (χ3v) is 3.05. The lowest BCUT2D eigenvalue weighted by Gasteiger charge is -2.19. The van der Waals surface area contributed by atoms with E-state index in [0.29, 0.717) is 16.1 Å². The van der Waals surface area contributed by atoms with Crippen LogP contribution in [0.5, 0.6) is 5.75 Å². The van der Waals surface area contributed by atoms with Crippen LogP contribution >= 0.6 is 15.9 Å². The van der Waals surface area contributed by atoms with E-state index in [1.54, 1.807) is 12.1 Å². The molecular weight excluding hydrogens is 272 g/mol. The molecule has 3 nitrogen and oxygen atoms in total. The second kappa shape index (κ2) is 5.34. The van der Waals surface area contributed by atoms with E-state index < -0.39 is 5.97 Å². The molecule has 0 saturated carbocycles. The van der Waals surface area contributed by atoms with Crippen molar-refractivity contribution in [1.82, 2.24) is 0 Å². The van der Waals surface area contributed by atoms with Gasteiger partial charge in [-0.15, -0.1) is 0 Å². The molecule has 1 atom stereocenters. The molecule has 0 aliphatic carbocycles. The Kier molecular flexibility index (Phi) is 4.35. The van der Waals surface area contributed by atoms with E-state index in [2.05, 4.69) is 29.8 Å². The van der Waals surface area contributed by atoms with Gasteiger partial charge in [-0.1, -0.05) is 13.8 Å². The molecule has 0 aliphatic rings. The van der Waals surface area contributed by atoms with Crippen molar-refractivity contribution in [1.29, 1.82) is 0 Å². The highest BCUT2D eigenvalue weighted by atomic mass is 79.9. The molecule has 0 amide bonds. The van der Waals surface area contributed by atoms with Crippen molar-refractivity contribution in [2.24, 2.45) is 5.92 Å². The number of carbonyl (C=O) groups is 1. The summed E-state index contributed by atoms with van der Waals surface area (Å²) < 4.78 is 6.37. The molecule has 4 heteroatoms. The molecule has 1 aromatic rings. The minimum absolute atomic E-state index is 0.0898. The monoisotopic (exact) mass is 286 g/mol. The number of ether oxygens (including phenoxy) is 1. The summed E-state index contributed by atoms with van der Waals surface area (Å²) in [6.07, 6.45) is 0.0898. The van der Waals surface area contributed by atoms with Crippen molar-refractivity contribution < 1.29 is 14.6 Å². The molecule has 16 heavy (non-hydrogen) atoms. The number of hydrogen-bond donors (Lipinski definition) is 1. The lowest BCUT2D eigenvalue weighted by Crippen LogP contribution is -2.18. The summed E-state index contributed by atoms with van der Waals surface area (Å²) >= 11 is 3.30. The van der Waals surface area contributed by atoms with Crippen LogP contribution in [-0.2, 0) is 0 Å². The number of aromatic carboxylic acids is 1. The molecule has 0 aliphatic heterocycles. The molecule has 0 bridgehead atoms. The van der Waals surface area contributed by atoms with E-state index in [1.165, 1.54) is 6.07 Å². The zero-order valence-corrected chi connectivity index (χ0v) is 11.1. The minimum Gasteiger partial charge on any atom is -0.489 e. The Labute approximate surface area is 104 Å². The molecule has 0 radical (unpaired) electrons. The Balaban J connectivity index is 2.87. The van der Waals surface area contributed by atoms with Gasteiger partial charge in [0.05, 0.1) is 16.1 Å². The summed E-state index contributed by atoms with van der Waals surface area (Å²) in [7, 11) is 0. The SMILES string of the molecule is CC(C)C(C)Oc1ccc(C(=O)O)cc1Br. The van der Waals surface area contributed by atoms with Crippen molar-refractivity contribution in [3.05, 3.63) is 28.2 Å². The second-order valence-electron chi connectivity index (χ2n) is 4.02. The lowest BCUT2D eigenvalue weighted by atomic mass is 10.1. The molecule has 0 heterocycles. The second-order valence-corrected chi connectivity index (χ2v) is 4.87. The van der Waals surface area contributed by atoms with E-state index in [4.69, 9.17) is 9.84 Å². The number of benzene rings is 1. The first-order valence-corrected chi connectivity index (χ1v) is 5.90. The maximum Gasteiger partial charge on any atom is 0.335 e. The Morgan fingerprint density at radius 2 is 2.00 bits per heavy atom. The van der Waals surface area contributed by atoms with Gasteiger partial charge < -0.3 is 9.84 Å². The first-order chi connectivity index (χ1) is 7.41. The van der Waals surface area contributed by atoms with Gasteiger partial charge in [0.25, 0.3) is 0 Å². The Morgan fingerprint density at radius 1 is 1.38 bits per heavy atom. The number of halogens is 1. The average molecular weight is 287 g/mol. The fourth-order valence-electron chi connectivity index (χ4n) is 1.07. The van der Waals surface area contributed by atoms with Crippen LogP contribution in [0.2, 0.25) is 0 Å². The standard InChI is InChI=1S/C12H15BrO3/c1-7(2)8(3)16-11-5-4-9(12(14)15)6-10(11)13/h4-8H,1-3H3,(H,14,15). The van der Waals surface area contributed by atoms with Gasteiger partial charge in [0.15, 0.2) is 0 Å². The zero-order chi connectivity index (χ0) is 12.3. The van der Waals surface area contributed by atoms with E-state index >= 15 is 0 Å². The zero-order valence-electron chi connectivity index (χ0n) is 9.53. The van der Waals surface area contributed by atoms with Crippen LogP contribution < -0.4 is 4.74 Å². The molecule has 1 unspecified atom stereocenters. The van der Waals surface area contributed by atoms with Crippen LogP contribution in [0, 0.1) is 5.92 Å². The minimum atomic E-state index is -0.941. The molecule has 1 aromatic carbocycles. The van der Waals surface area contributed by atoms with E-state index in [0.717, 1.165) is 0 Å². The summed E-state index contributed by atoms with van der Waals surface area (Å²) in [6, 6.07) is 4.76. The molecule has 88 valence electrons. The first kappa shape index (κ1) is 13.0. The molecular formula is C12H15BrO3. The average Bonchev–Trinajstić information content (AvgIpc) is 2.20. The number of rotatable bonds is 4. The summed E-state index contributed by atoms with van der Waals surface area (Å²) in [4.78, 5) is 10.7. The molecule has 0 aromatic heterocycles. The van der Waals surface area contributed by atoms with Crippen molar-refractivity contribution in [3.63, 3.8) is 0 Å². The quantitative estimate of drug-likeness (QED) is 0.920. The summed E-state index contributed by atoms with van der Waals surface area (Å²) in [6.45, 7) is 6.14.